The van der Waals surface area contributed by atoms with Crippen LogP contribution < -0.4 is 0 Å². The summed E-state index contributed by atoms with van der Waals surface area (Å²) in [4.78, 5) is 4.58. The molecule has 147 valence electrons. The van der Waals surface area contributed by atoms with Crippen LogP contribution in [0.4, 0.5) is 8.78 Å². The van der Waals surface area contributed by atoms with Crippen LogP contribution in [0.2, 0.25) is 0 Å². The molecule has 0 amide bonds. The largest absolute Gasteiger partial charge is 0.299 e. The zero-order chi connectivity index (χ0) is 19.6. The fraction of sp³-hybridized carbons (Fsp3) is 0.0385. The van der Waals surface area contributed by atoms with Gasteiger partial charge in [-0.1, -0.05) is 71.6 Å². The molecule has 5 aromatic rings. The topological polar surface area (TPSA) is 12.9 Å². The third-order valence-corrected chi connectivity index (χ3v) is 5.71. The fourth-order valence-electron chi connectivity index (χ4n) is 4.30. The molecular formula is C26H14F2IrN-. The van der Waals surface area contributed by atoms with Crippen LogP contribution in [-0.2, 0) is 26.0 Å². The van der Waals surface area contributed by atoms with Crippen LogP contribution in [0.25, 0.3) is 43.9 Å². The van der Waals surface area contributed by atoms with E-state index in [2.05, 4.69) is 11.1 Å². The van der Waals surface area contributed by atoms with Crippen molar-refractivity contribution in [3.8, 4) is 22.4 Å². The average molecular weight is 571 g/mol. The molecule has 4 aromatic carbocycles. The van der Waals surface area contributed by atoms with E-state index in [-0.39, 0.29) is 31.2 Å². The van der Waals surface area contributed by atoms with E-state index in [0.29, 0.717) is 11.1 Å². The van der Waals surface area contributed by atoms with Gasteiger partial charge in [0, 0.05) is 43.1 Å². The summed E-state index contributed by atoms with van der Waals surface area (Å²) in [5, 5.41) is 3.74. The first-order chi connectivity index (χ1) is 14.1. The van der Waals surface area contributed by atoms with Gasteiger partial charge in [0.2, 0.25) is 0 Å². The van der Waals surface area contributed by atoms with E-state index in [0.717, 1.165) is 32.8 Å². The van der Waals surface area contributed by atoms with Crippen molar-refractivity contribution in [2.45, 2.75) is 5.92 Å². The van der Waals surface area contributed by atoms with E-state index in [1.165, 1.54) is 12.1 Å². The number of pyridine rings is 1. The van der Waals surface area contributed by atoms with Crippen LogP contribution in [0.5, 0.6) is 0 Å². The predicted molar refractivity (Wildman–Crippen MR) is 112 cm³/mol. The van der Waals surface area contributed by atoms with Crippen molar-refractivity contribution in [1.82, 2.24) is 4.98 Å². The van der Waals surface area contributed by atoms with Crippen molar-refractivity contribution in [2.24, 2.45) is 0 Å². The molecule has 0 N–H and O–H groups in total. The molecule has 0 saturated carbocycles. The molecule has 0 saturated heterocycles. The summed E-state index contributed by atoms with van der Waals surface area (Å²) >= 11 is 0. The number of aromatic nitrogens is 1. The van der Waals surface area contributed by atoms with Crippen LogP contribution in [0.15, 0.2) is 85.1 Å². The van der Waals surface area contributed by atoms with E-state index >= 15 is 8.78 Å². The Morgan fingerprint density at radius 1 is 0.767 bits per heavy atom. The minimum absolute atomic E-state index is 0. The van der Waals surface area contributed by atoms with Crippen molar-refractivity contribution in [3.05, 3.63) is 102 Å². The van der Waals surface area contributed by atoms with E-state index in [1.54, 1.807) is 24.4 Å². The minimum atomic E-state index is -2.99. The van der Waals surface area contributed by atoms with Gasteiger partial charge in [-0.25, -0.2) is 0 Å². The molecule has 1 aromatic heterocycles. The zero-order valence-corrected chi connectivity index (χ0v) is 18.0. The molecule has 0 bridgehead atoms. The molecule has 1 aliphatic rings. The number of rotatable bonds is 1. The Labute approximate surface area is 185 Å². The second-order valence-electron chi connectivity index (χ2n) is 7.36. The SMILES string of the molecule is FC1(F)c2ccccc2-c2c1ccc1cnc(-c3[c-]c4ccccc4cc3)cc21.[Ir]. The number of fused-ring (bicyclic) bond motifs is 6. The first-order valence-electron chi connectivity index (χ1n) is 9.45. The van der Waals surface area contributed by atoms with Crippen LogP contribution in [0, 0.1) is 6.07 Å². The summed E-state index contributed by atoms with van der Waals surface area (Å²) in [6, 6.07) is 27.3. The summed E-state index contributed by atoms with van der Waals surface area (Å²) in [6.07, 6.45) is 1.76. The van der Waals surface area contributed by atoms with Gasteiger partial charge in [0.25, 0.3) is 5.92 Å². The van der Waals surface area contributed by atoms with E-state index in [4.69, 9.17) is 0 Å². The maximum Gasteiger partial charge on any atom is 0.299 e. The molecule has 0 unspecified atom stereocenters. The van der Waals surface area contributed by atoms with Crippen molar-refractivity contribution in [1.29, 1.82) is 0 Å². The average Bonchev–Trinajstić information content (AvgIpc) is 3.00. The van der Waals surface area contributed by atoms with E-state index in [1.807, 2.05) is 48.5 Å². The smallest absolute Gasteiger partial charge is 0.294 e. The second-order valence-corrected chi connectivity index (χ2v) is 7.36. The Bertz CT molecular complexity index is 1440. The molecule has 6 rings (SSSR count). The molecule has 1 nitrogen and oxygen atoms in total. The van der Waals surface area contributed by atoms with Crippen molar-refractivity contribution < 1.29 is 28.9 Å². The van der Waals surface area contributed by atoms with Crippen LogP contribution in [0.1, 0.15) is 11.1 Å². The van der Waals surface area contributed by atoms with Crippen molar-refractivity contribution >= 4 is 21.5 Å². The van der Waals surface area contributed by atoms with Gasteiger partial charge in [-0.15, -0.1) is 29.7 Å². The van der Waals surface area contributed by atoms with E-state index < -0.39 is 5.92 Å². The maximum absolute atomic E-state index is 15.0. The Morgan fingerprint density at radius 3 is 2.43 bits per heavy atom. The standard InChI is InChI=1S/C26H14F2N.Ir/c27-26(28)22-8-4-3-7-20(22)25-21-14-24(29-15-19(21)11-12-23(25)26)18-10-9-16-5-1-2-6-17(16)13-18;/h1-12,14-15H;/q-1;. The van der Waals surface area contributed by atoms with Crippen LogP contribution in [-0.4, -0.2) is 4.98 Å². The summed E-state index contributed by atoms with van der Waals surface area (Å²) < 4.78 is 30.1. The Hall–Kier alpha value is -2.94. The summed E-state index contributed by atoms with van der Waals surface area (Å²) in [5.74, 6) is -2.99. The maximum atomic E-state index is 15.0. The fourth-order valence-corrected chi connectivity index (χ4v) is 4.30. The third kappa shape index (κ3) is 2.64. The quantitative estimate of drug-likeness (QED) is 0.198. The van der Waals surface area contributed by atoms with Gasteiger partial charge in [0.05, 0.1) is 0 Å². The van der Waals surface area contributed by atoms with Gasteiger partial charge in [0.1, 0.15) is 0 Å². The zero-order valence-electron chi connectivity index (χ0n) is 15.6. The Balaban J connectivity index is 0.00000193. The molecule has 0 aliphatic heterocycles. The molecule has 30 heavy (non-hydrogen) atoms. The molecule has 4 heteroatoms. The van der Waals surface area contributed by atoms with Gasteiger partial charge >= 0.3 is 0 Å². The minimum Gasteiger partial charge on any atom is -0.294 e. The number of nitrogens with zero attached hydrogens (tertiary/aromatic N) is 1. The molecule has 0 spiro atoms. The number of alkyl halides is 2. The number of hydrogen-bond donors (Lipinski definition) is 0. The predicted octanol–water partition coefficient (Wildman–Crippen LogP) is 6.97. The van der Waals surface area contributed by atoms with Gasteiger partial charge in [0.15, 0.2) is 0 Å². The van der Waals surface area contributed by atoms with Crippen molar-refractivity contribution in [2.75, 3.05) is 0 Å². The number of halogens is 2. The Kier molecular flexibility index (Phi) is 4.32. The summed E-state index contributed by atoms with van der Waals surface area (Å²) in [7, 11) is 0. The van der Waals surface area contributed by atoms with Crippen molar-refractivity contribution in [3.63, 3.8) is 0 Å². The van der Waals surface area contributed by atoms with Gasteiger partial charge in [-0.3, -0.25) is 4.98 Å². The molecular weight excluding hydrogens is 557 g/mol. The van der Waals surface area contributed by atoms with Gasteiger partial charge < -0.3 is 0 Å². The van der Waals surface area contributed by atoms with Crippen LogP contribution >= 0.6 is 0 Å². The van der Waals surface area contributed by atoms with E-state index in [9.17, 15) is 0 Å². The van der Waals surface area contributed by atoms with Gasteiger partial charge in [-0.2, -0.15) is 8.78 Å². The monoisotopic (exact) mass is 571 g/mol. The third-order valence-electron chi connectivity index (χ3n) is 5.71. The second kappa shape index (κ2) is 6.80. The Morgan fingerprint density at radius 2 is 1.53 bits per heavy atom. The normalized spacial score (nSPS) is 13.7. The number of benzene rings is 4. The molecule has 0 fully saturated rings. The molecule has 1 radical (unpaired) electrons. The first-order valence-corrected chi connectivity index (χ1v) is 9.45. The molecule has 0 atom stereocenters. The van der Waals surface area contributed by atoms with Gasteiger partial charge in [-0.05, 0) is 21.9 Å². The summed E-state index contributed by atoms with van der Waals surface area (Å²) in [5.41, 5.74) is 2.90. The van der Waals surface area contributed by atoms with Crippen LogP contribution in [0.3, 0.4) is 0 Å². The number of hydrogen-bond acceptors (Lipinski definition) is 1. The molecule has 1 heterocycles. The molecule has 1 aliphatic carbocycles. The summed E-state index contributed by atoms with van der Waals surface area (Å²) in [6.45, 7) is 0. The first kappa shape index (κ1) is 19.0.